The Morgan fingerprint density at radius 2 is 1.33 bits per heavy atom. The minimum Gasteiger partial charge on any atom is -0.358 e. The smallest absolute Gasteiger partial charge is 0.0732 e. The first-order chi connectivity index (χ1) is 20.6. The van der Waals surface area contributed by atoms with Crippen molar-refractivity contribution >= 4 is 16.8 Å². The maximum absolute atomic E-state index is 3.97. The van der Waals surface area contributed by atoms with Crippen LogP contribution >= 0.6 is 0 Å². The predicted molar refractivity (Wildman–Crippen MR) is 174 cm³/mol. The summed E-state index contributed by atoms with van der Waals surface area (Å²) in [5.74, 6) is 7.10. The molecule has 42 heavy (non-hydrogen) atoms. The van der Waals surface area contributed by atoms with Crippen LogP contribution in [-0.4, -0.2) is 0 Å². The highest BCUT2D eigenvalue weighted by molar-refractivity contribution is 6.03. The molecule has 1 nitrogen and oxygen atoms in total. The third kappa shape index (κ3) is 2.90. The van der Waals surface area contributed by atoms with Crippen LogP contribution in [0, 0.1) is 11.8 Å². The first-order valence-electron chi connectivity index (χ1n) is 15.1. The Kier molecular flexibility index (Phi) is 4.76. The van der Waals surface area contributed by atoms with Gasteiger partial charge in [-0.2, -0.15) is 0 Å². The van der Waals surface area contributed by atoms with Gasteiger partial charge >= 0.3 is 0 Å². The zero-order valence-electron chi connectivity index (χ0n) is 24.0. The lowest BCUT2D eigenvalue weighted by Crippen LogP contribution is -2.26. The molecule has 5 aliphatic rings. The van der Waals surface area contributed by atoms with Gasteiger partial charge in [-0.15, -0.1) is 0 Å². The molecule has 0 aliphatic heterocycles. The number of hydrogen-bond acceptors (Lipinski definition) is 1. The molecular formula is C41H31N. The lowest BCUT2D eigenvalue weighted by atomic mass is 9.69. The van der Waals surface area contributed by atoms with Gasteiger partial charge in [0.1, 0.15) is 0 Å². The molecule has 1 N–H and O–H groups in total. The van der Waals surface area contributed by atoms with Crippen LogP contribution in [-0.2, 0) is 10.8 Å². The number of rotatable bonds is 2. The van der Waals surface area contributed by atoms with Gasteiger partial charge in [0, 0.05) is 34.4 Å². The van der Waals surface area contributed by atoms with E-state index in [0.29, 0.717) is 0 Å². The van der Waals surface area contributed by atoms with Gasteiger partial charge in [-0.25, -0.2) is 0 Å². The lowest BCUT2D eigenvalue weighted by molar-refractivity contribution is 0.649. The molecule has 200 valence electrons. The van der Waals surface area contributed by atoms with Crippen LogP contribution in [0.1, 0.15) is 66.5 Å². The lowest BCUT2D eigenvalue weighted by Gasteiger charge is -2.31. The van der Waals surface area contributed by atoms with E-state index in [0.717, 1.165) is 24.9 Å². The van der Waals surface area contributed by atoms with Crippen molar-refractivity contribution in [3.63, 3.8) is 0 Å². The molecule has 0 atom stereocenters. The number of anilines is 1. The largest absolute Gasteiger partial charge is 0.358 e. The second kappa shape index (κ2) is 8.37. The average Bonchev–Trinajstić information content (AvgIpc) is 3.45. The fourth-order valence-electron chi connectivity index (χ4n) is 8.51. The Labute approximate surface area is 248 Å². The number of nitrogens with one attached hydrogen (secondary N) is 1. The highest BCUT2D eigenvalue weighted by Crippen LogP contribution is 2.63. The van der Waals surface area contributed by atoms with E-state index in [2.05, 4.69) is 140 Å². The molecule has 1 heteroatoms. The van der Waals surface area contributed by atoms with Gasteiger partial charge in [0.15, 0.2) is 0 Å². The third-order valence-corrected chi connectivity index (χ3v) is 10.2. The molecule has 0 saturated heterocycles. The molecule has 0 fully saturated rings. The maximum Gasteiger partial charge on any atom is 0.0732 e. The van der Waals surface area contributed by atoms with E-state index >= 15 is 0 Å². The summed E-state index contributed by atoms with van der Waals surface area (Å²) >= 11 is 0. The van der Waals surface area contributed by atoms with E-state index in [9.17, 15) is 0 Å². The normalized spacial score (nSPS) is 19.1. The summed E-state index contributed by atoms with van der Waals surface area (Å²) in [7, 11) is 0. The van der Waals surface area contributed by atoms with Crippen LogP contribution in [0.15, 0.2) is 126 Å². The fraction of sp³-hybridized carbons (Fsp3) is 0.171. The van der Waals surface area contributed by atoms with Gasteiger partial charge in [-0.3, -0.25) is 0 Å². The van der Waals surface area contributed by atoms with Crippen LogP contribution in [0.4, 0.5) is 5.69 Å². The second-order valence-corrected chi connectivity index (χ2v) is 12.6. The van der Waals surface area contributed by atoms with E-state index in [1.165, 1.54) is 72.5 Å². The summed E-state index contributed by atoms with van der Waals surface area (Å²) in [4.78, 5) is 0. The van der Waals surface area contributed by atoms with Gasteiger partial charge in [0.2, 0.25) is 0 Å². The zero-order valence-corrected chi connectivity index (χ0v) is 24.0. The minimum absolute atomic E-state index is 0.00644. The van der Waals surface area contributed by atoms with E-state index in [1.807, 2.05) is 0 Å². The van der Waals surface area contributed by atoms with Crippen molar-refractivity contribution < 1.29 is 0 Å². The molecule has 0 radical (unpaired) electrons. The molecule has 5 aliphatic carbocycles. The van der Waals surface area contributed by atoms with Crippen LogP contribution < -0.4 is 5.32 Å². The van der Waals surface area contributed by atoms with E-state index in [4.69, 9.17) is 0 Å². The Hall–Kier alpha value is -4.80. The van der Waals surface area contributed by atoms with E-state index < -0.39 is 0 Å². The molecule has 0 aromatic heterocycles. The van der Waals surface area contributed by atoms with Gasteiger partial charge in [0.05, 0.1) is 5.41 Å². The van der Waals surface area contributed by atoms with Crippen molar-refractivity contribution in [3.05, 3.63) is 159 Å². The Balaban J connectivity index is 1.24. The average molecular weight is 538 g/mol. The Bertz CT molecular complexity index is 2020. The van der Waals surface area contributed by atoms with Crippen molar-refractivity contribution in [2.45, 2.75) is 43.9 Å². The summed E-state index contributed by atoms with van der Waals surface area (Å²) in [5, 5.41) is 3.97. The highest BCUT2D eigenvalue weighted by atomic mass is 14.9. The summed E-state index contributed by atoms with van der Waals surface area (Å²) in [6.45, 7) is 4.74. The molecule has 0 bridgehead atoms. The number of benzene rings is 4. The summed E-state index contributed by atoms with van der Waals surface area (Å²) in [6.07, 6.45) is 9.87. The second-order valence-electron chi connectivity index (χ2n) is 12.6. The van der Waals surface area contributed by atoms with Gasteiger partial charge in [-0.1, -0.05) is 123 Å². The van der Waals surface area contributed by atoms with Crippen LogP contribution in [0.25, 0.3) is 22.3 Å². The molecule has 0 unspecified atom stereocenters. The molecule has 0 heterocycles. The third-order valence-electron chi connectivity index (χ3n) is 10.2. The first-order valence-corrected chi connectivity index (χ1v) is 15.1. The van der Waals surface area contributed by atoms with E-state index in [-0.39, 0.29) is 10.8 Å². The molecule has 4 aromatic carbocycles. The molecule has 4 aromatic rings. The molecule has 1 spiro atoms. The van der Waals surface area contributed by atoms with Gasteiger partial charge < -0.3 is 5.32 Å². The summed E-state index contributed by atoms with van der Waals surface area (Å²) in [5.41, 5.74) is 18.4. The Morgan fingerprint density at radius 3 is 2.10 bits per heavy atom. The van der Waals surface area contributed by atoms with Crippen LogP contribution in [0.3, 0.4) is 0 Å². The van der Waals surface area contributed by atoms with Crippen molar-refractivity contribution in [1.82, 2.24) is 0 Å². The molecule has 9 rings (SSSR count). The zero-order chi connectivity index (χ0) is 28.1. The standard InChI is InChI=1S/C41H31N/c1-40(2)32-17-9-6-13-27(32)30-24-23-26(25-37(30)40)42-38-22-12-21-36-39(38)31-16-4-3-5-18-35(31)41(36)33-19-10-7-14-28(33)29-15-8-11-20-34(29)41/h5-15,17-22,25,42H,3,23-24H2,1-2H3. The fourth-order valence-corrected chi connectivity index (χ4v) is 8.51. The minimum atomic E-state index is -0.364. The highest BCUT2D eigenvalue weighted by Gasteiger charge is 2.52. The number of hydrogen-bond donors (Lipinski definition) is 1. The number of fused-ring (bicyclic) bond motifs is 11. The SMILES string of the molecule is CC1(C)C2=C(CCC(Nc3cccc4c3C3=C(C=CCC#C3)C43c4ccccc4-c4ccccc43)=C2)c2ccccc21. The first kappa shape index (κ1) is 23.9. The van der Waals surface area contributed by atoms with Crippen molar-refractivity contribution in [3.8, 4) is 23.0 Å². The van der Waals surface area contributed by atoms with Gasteiger partial charge in [-0.05, 0) is 80.6 Å². The summed E-state index contributed by atoms with van der Waals surface area (Å²) < 4.78 is 0. The van der Waals surface area contributed by atoms with E-state index in [1.54, 1.807) is 0 Å². The van der Waals surface area contributed by atoms with Crippen molar-refractivity contribution in [2.75, 3.05) is 5.32 Å². The quantitative estimate of drug-likeness (QED) is 0.251. The monoisotopic (exact) mass is 537 g/mol. The maximum atomic E-state index is 3.97. The molecular weight excluding hydrogens is 506 g/mol. The van der Waals surface area contributed by atoms with Crippen molar-refractivity contribution in [1.29, 1.82) is 0 Å². The number of allylic oxidation sites excluding steroid dienone is 8. The topological polar surface area (TPSA) is 12.0 Å². The Morgan fingerprint density at radius 1 is 0.667 bits per heavy atom. The molecule has 0 amide bonds. The van der Waals surface area contributed by atoms with Crippen LogP contribution in [0.5, 0.6) is 0 Å². The summed E-state index contributed by atoms with van der Waals surface area (Å²) in [6, 6.07) is 33.8. The van der Waals surface area contributed by atoms with Crippen LogP contribution in [0.2, 0.25) is 0 Å². The van der Waals surface area contributed by atoms with Crippen molar-refractivity contribution in [2.24, 2.45) is 0 Å². The predicted octanol–water partition coefficient (Wildman–Crippen LogP) is 9.57. The molecule has 0 saturated carbocycles. The van der Waals surface area contributed by atoms with Gasteiger partial charge in [0.25, 0.3) is 0 Å².